The van der Waals surface area contributed by atoms with Gasteiger partial charge in [-0.1, -0.05) is 18.2 Å². The number of carbonyl (C=O) groups is 1. The molecule has 1 aromatic rings. The van der Waals surface area contributed by atoms with Crippen molar-refractivity contribution in [2.45, 2.75) is 32.4 Å². The molecular formula is C19H29N3O3S. The molecule has 1 aliphatic rings. The summed E-state index contributed by atoms with van der Waals surface area (Å²) in [5.74, 6) is 0.550. The molecule has 1 aliphatic heterocycles. The summed E-state index contributed by atoms with van der Waals surface area (Å²) in [5.41, 5.74) is 1.08. The summed E-state index contributed by atoms with van der Waals surface area (Å²) in [7, 11) is 3.81. The highest BCUT2D eigenvalue weighted by atomic mass is 32.1. The molecule has 0 amide bonds. The van der Waals surface area contributed by atoms with Crippen molar-refractivity contribution in [1.29, 1.82) is 0 Å². The molecule has 26 heavy (non-hydrogen) atoms. The lowest BCUT2D eigenvalue weighted by Crippen LogP contribution is -2.50. The summed E-state index contributed by atoms with van der Waals surface area (Å²) in [4.78, 5) is 16.2. The Morgan fingerprint density at radius 1 is 1.35 bits per heavy atom. The first kappa shape index (κ1) is 20.5. The summed E-state index contributed by atoms with van der Waals surface area (Å²) < 4.78 is 10.5. The fraction of sp³-hybridized carbons (Fsp3) is 0.579. The van der Waals surface area contributed by atoms with Gasteiger partial charge >= 0.3 is 5.97 Å². The van der Waals surface area contributed by atoms with Gasteiger partial charge in [0.15, 0.2) is 5.11 Å². The van der Waals surface area contributed by atoms with E-state index in [1.165, 1.54) is 0 Å². The molecule has 0 radical (unpaired) electrons. The molecule has 0 bridgehead atoms. The standard InChI is InChI=1S/C19H29N3O3S/c1-4-25-18(23)13-20-19(26)22(16-9-11-21(2)12-10-16)14-15-7-5-6-8-17(15)24-3/h5-8,16H,4,9-14H2,1-3H3,(H,20,26). The van der Waals surface area contributed by atoms with Crippen LogP contribution in [0.1, 0.15) is 25.3 Å². The quantitative estimate of drug-likeness (QED) is 0.575. The van der Waals surface area contributed by atoms with Crippen molar-refractivity contribution in [3.63, 3.8) is 0 Å². The summed E-state index contributed by atoms with van der Waals surface area (Å²) in [6.45, 7) is 4.96. The molecule has 1 aromatic carbocycles. The summed E-state index contributed by atoms with van der Waals surface area (Å²) >= 11 is 5.62. The Labute approximate surface area is 161 Å². The number of hydrogen-bond acceptors (Lipinski definition) is 5. The van der Waals surface area contributed by atoms with Gasteiger partial charge in [-0.05, 0) is 58.2 Å². The van der Waals surface area contributed by atoms with Crippen molar-refractivity contribution >= 4 is 23.3 Å². The summed E-state index contributed by atoms with van der Waals surface area (Å²) in [5, 5.41) is 3.64. The molecule has 6 nitrogen and oxygen atoms in total. The van der Waals surface area contributed by atoms with Crippen LogP contribution < -0.4 is 10.1 Å². The molecule has 0 unspecified atom stereocenters. The number of nitrogens with one attached hydrogen (secondary N) is 1. The van der Waals surface area contributed by atoms with Crippen LogP contribution in [-0.4, -0.2) is 67.3 Å². The van der Waals surface area contributed by atoms with E-state index in [-0.39, 0.29) is 12.5 Å². The van der Waals surface area contributed by atoms with Gasteiger partial charge < -0.3 is 24.6 Å². The van der Waals surface area contributed by atoms with E-state index in [4.69, 9.17) is 21.7 Å². The van der Waals surface area contributed by atoms with Crippen molar-refractivity contribution in [3.05, 3.63) is 29.8 Å². The number of benzene rings is 1. The average molecular weight is 380 g/mol. The molecule has 144 valence electrons. The fourth-order valence-corrected chi connectivity index (χ4v) is 3.44. The summed E-state index contributed by atoms with van der Waals surface area (Å²) in [6.07, 6.45) is 2.07. The van der Waals surface area contributed by atoms with Crippen LogP contribution in [0.15, 0.2) is 24.3 Å². The maximum atomic E-state index is 11.7. The third-order valence-electron chi connectivity index (χ3n) is 4.61. The van der Waals surface area contributed by atoms with Gasteiger partial charge in [-0.25, -0.2) is 0 Å². The molecule has 0 aromatic heterocycles. The molecule has 1 fully saturated rings. The van der Waals surface area contributed by atoms with Crippen LogP contribution in [0, 0.1) is 0 Å². The Morgan fingerprint density at radius 2 is 2.04 bits per heavy atom. The van der Waals surface area contributed by atoms with E-state index in [1.54, 1.807) is 14.0 Å². The molecule has 0 saturated carbocycles. The van der Waals surface area contributed by atoms with Crippen molar-refractivity contribution in [3.8, 4) is 5.75 Å². The lowest BCUT2D eigenvalue weighted by Gasteiger charge is -2.39. The zero-order valence-electron chi connectivity index (χ0n) is 15.9. The third-order valence-corrected chi connectivity index (χ3v) is 4.99. The molecular weight excluding hydrogens is 350 g/mol. The van der Waals surface area contributed by atoms with Crippen LogP contribution in [0.4, 0.5) is 0 Å². The molecule has 1 saturated heterocycles. The minimum Gasteiger partial charge on any atom is -0.496 e. The predicted octanol–water partition coefficient (Wildman–Crippen LogP) is 2.03. The number of rotatable bonds is 7. The van der Waals surface area contributed by atoms with Gasteiger partial charge in [0, 0.05) is 18.2 Å². The van der Waals surface area contributed by atoms with Crippen molar-refractivity contribution < 1.29 is 14.3 Å². The number of methoxy groups -OCH3 is 1. The topological polar surface area (TPSA) is 54.0 Å². The van der Waals surface area contributed by atoms with Crippen LogP contribution in [-0.2, 0) is 16.1 Å². The second-order valence-corrected chi connectivity index (χ2v) is 6.82. The number of carbonyl (C=O) groups excluding carboxylic acids is 1. The number of para-hydroxylation sites is 1. The van der Waals surface area contributed by atoms with Crippen LogP contribution in [0.2, 0.25) is 0 Å². The van der Waals surface area contributed by atoms with Gasteiger partial charge in [-0.3, -0.25) is 4.79 Å². The monoisotopic (exact) mass is 379 g/mol. The maximum absolute atomic E-state index is 11.7. The Hall–Kier alpha value is -1.86. The number of piperidine rings is 1. The molecule has 1 heterocycles. The minimum absolute atomic E-state index is 0.0850. The van der Waals surface area contributed by atoms with Crippen LogP contribution in [0.5, 0.6) is 5.75 Å². The lowest BCUT2D eigenvalue weighted by molar-refractivity contribution is -0.141. The van der Waals surface area contributed by atoms with E-state index in [0.717, 1.165) is 37.2 Å². The maximum Gasteiger partial charge on any atom is 0.325 e. The second kappa shape index (κ2) is 10.3. The normalized spacial score (nSPS) is 15.3. The van der Waals surface area contributed by atoms with Gasteiger partial charge in [0.05, 0.1) is 13.7 Å². The zero-order valence-corrected chi connectivity index (χ0v) is 16.7. The number of nitrogens with zero attached hydrogens (tertiary/aromatic N) is 2. The van der Waals surface area contributed by atoms with Gasteiger partial charge in [0.2, 0.25) is 0 Å². The predicted molar refractivity (Wildman–Crippen MR) is 106 cm³/mol. The molecule has 1 N–H and O–H groups in total. The lowest BCUT2D eigenvalue weighted by atomic mass is 10.0. The number of esters is 1. The minimum atomic E-state index is -0.296. The fourth-order valence-electron chi connectivity index (χ4n) is 3.15. The van der Waals surface area contributed by atoms with E-state index >= 15 is 0 Å². The Bertz CT molecular complexity index is 603. The van der Waals surface area contributed by atoms with Crippen molar-refractivity contribution in [1.82, 2.24) is 15.1 Å². The molecule has 0 spiro atoms. The van der Waals surface area contributed by atoms with E-state index < -0.39 is 0 Å². The third kappa shape index (κ3) is 5.85. The zero-order chi connectivity index (χ0) is 18.9. The van der Waals surface area contributed by atoms with Gasteiger partial charge in [0.1, 0.15) is 12.3 Å². The number of ether oxygens (including phenoxy) is 2. The highest BCUT2D eigenvalue weighted by Gasteiger charge is 2.26. The van der Waals surface area contributed by atoms with E-state index in [1.807, 2.05) is 18.2 Å². The first-order valence-electron chi connectivity index (χ1n) is 9.05. The summed E-state index contributed by atoms with van der Waals surface area (Å²) in [6, 6.07) is 8.30. The first-order valence-corrected chi connectivity index (χ1v) is 9.46. The van der Waals surface area contributed by atoms with Crippen molar-refractivity contribution in [2.24, 2.45) is 0 Å². The number of thiocarbonyl (C=S) groups is 1. The number of hydrogen-bond donors (Lipinski definition) is 1. The Morgan fingerprint density at radius 3 is 2.69 bits per heavy atom. The van der Waals surface area contributed by atoms with Crippen molar-refractivity contribution in [2.75, 3.05) is 40.4 Å². The molecule has 7 heteroatoms. The molecule has 0 atom stereocenters. The van der Waals surface area contributed by atoms with Gasteiger partial charge in [0.25, 0.3) is 0 Å². The van der Waals surface area contributed by atoms with Crippen LogP contribution >= 0.6 is 12.2 Å². The second-order valence-electron chi connectivity index (χ2n) is 6.44. The SMILES string of the molecule is CCOC(=O)CNC(=S)N(Cc1ccccc1OC)C1CCN(C)CC1. The highest BCUT2D eigenvalue weighted by molar-refractivity contribution is 7.80. The first-order chi connectivity index (χ1) is 12.5. The van der Waals surface area contributed by atoms with E-state index in [9.17, 15) is 4.79 Å². The van der Waals surface area contributed by atoms with E-state index in [2.05, 4.69) is 28.2 Å². The van der Waals surface area contributed by atoms with Gasteiger partial charge in [-0.2, -0.15) is 0 Å². The smallest absolute Gasteiger partial charge is 0.325 e. The largest absolute Gasteiger partial charge is 0.496 e. The molecule has 0 aliphatic carbocycles. The van der Waals surface area contributed by atoms with Crippen LogP contribution in [0.25, 0.3) is 0 Å². The van der Waals surface area contributed by atoms with E-state index in [0.29, 0.717) is 24.3 Å². The van der Waals surface area contributed by atoms with Gasteiger partial charge in [-0.15, -0.1) is 0 Å². The Kier molecular flexibility index (Phi) is 8.12. The molecule has 2 rings (SSSR count). The average Bonchev–Trinajstić information content (AvgIpc) is 2.65. The highest BCUT2D eigenvalue weighted by Crippen LogP contribution is 2.23. The van der Waals surface area contributed by atoms with Crippen LogP contribution in [0.3, 0.4) is 0 Å². The number of likely N-dealkylation sites (tertiary alicyclic amines) is 1. The Balaban J connectivity index is 2.10.